The summed E-state index contributed by atoms with van der Waals surface area (Å²) < 4.78 is 26.7. The molecule has 1 aliphatic rings. The van der Waals surface area contributed by atoms with E-state index in [0.717, 1.165) is 33.9 Å². The van der Waals surface area contributed by atoms with E-state index in [1.54, 1.807) is 7.05 Å². The van der Waals surface area contributed by atoms with Gasteiger partial charge in [0.25, 0.3) is 5.92 Å². The van der Waals surface area contributed by atoms with Crippen molar-refractivity contribution >= 4 is 17.2 Å². The normalized spacial score (nSPS) is 17.8. The van der Waals surface area contributed by atoms with E-state index in [0.29, 0.717) is 19.6 Å². The summed E-state index contributed by atoms with van der Waals surface area (Å²) in [7, 11) is 1.81. The van der Waals surface area contributed by atoms with E-state index in [-0.39, 0.29) is 12.8 Å². The van der Waals surface area contributed by atoms with Crippen molar-refractivity contribution in [3.63, 3.8) is 0 Å². The summed E-state index contributed by atoms with van der Waals surface area (Å²) in [6.45, 7) is 8.87. The standard InChI is InChI=1S/C18H26F2N4/c1-12-9-15(11-21)17(16(10-12)13(2)22-4)23-14(3)24-7-5-18(19,20)6-8-24/h9-10,22H,2,5-8,11,21H2,1,3-4H3. The van der Waals surface area contributed by atoms with Crippen LogP contribution in [0.2, 0.25) is 0 Å². The Hall–Kier alpha value is -1.95. The lowest BCUT2D eigenvalue weighted by atomic mass is 10.0. The molecule has 24 heavy (non-hydrogen) atoms. The molecule has 2 rings (SSSR count). The number of amidine groups is 1. The fourth-order valence-corrected chi connectivity index (χ4v) is 2.90. The lowest BCUT2D eigenvalue weighted by Crippen LogP contribution is -2.41. The number of nitrogens with two attached hydrogens (primary N) is 1. The van der Waals surface area contributed by atoms with Crippen LogP contribution in [0.25, 0.3) is 5.70 Å². The lowest BCUT2D eigenvalue weighted by Gasteiger charge is -2.33. The van der Waals surface area contributed by atoms with E-state index in [9.17, 15) is 8.78 Å². The zero-order chi connectivity index (χ0) is 17.9. The molecule has 0 spiro atoms. The number of halogens is 2. The van der Waals surface area contributed by atoms with Gasteiger partial charge in [-0.25, -0.2) is 13.8 Å². The molecule has 4 nitrogen and oxygen atoms in total. The summed E-state index contributed by atoms with van der Waals surface area (Å²) in [6, 6.07) is 4.01. The summed E-state index contributed by atoms with van der Waals surface area (Å²) in [4.78, 5) is 6.63. The predicted octanol–water partition coefficient (Wildman–Crippen LogP) is 3.42. The smallest absolute Gasteiger partial charge is 0.251 e. The summed E-state index contributed by atoms with van der Waals surface area (Å²) in [6.07, 6.45) is -0.263. The highest BCUT2D eigenvalue weighted by molar-refractivity contribution is 5.86. The van der Waals surface area contributed by atoms with Gasteiger partial charge in [0.15, 0.2) is 0 Å². The molecular weight excluding hydrogens is 310 g/mol. The molecule has 0 bridgehead atoms. The fourth-order valence-electron chi connectivity index (χ4n) is 2.90. The molecule has 1 fully saturated rings. The van der Waals surface area contributed by atoms with Crippen molar-refractivity contribution in [3.8, 4) is 0 Å². The molecular formula is C18H26F2N4. The highest BCUT2D eigenvalue weighted by Gasteiger charge is 2.34. The molecule has 132 valence electrons. The van der Waals surface area contributed by atoms with Crippen LogP contribution in [0.3, 0.4) is 0 Å². The first-order valence-electron chi connectivity index (χ1n) is 8.16. The molecule has 1 aromatic rings. The molecule has 0 atom stereocenters. The number of alkyl halides is 2. The van der Waals surface area contributed by atoms with E-state index >= 15 is 0 Å². The predicted molar refractivity (Wildman–Crippen MR) is 95.7 cm³/mol. The molecule has 1 aliphatic heterocycles. The third-order valence-corrected chi connectivity index (χ3v) is 4.41. The van der Waals surface area contributed by atoms with Crippen molar-refractivity contribution in [1.29, 1.82) is 0 Å². The maximum absolute atomic E-state index is 13.3. The molecule has 6 heteroatoms. The Morgan fingerprint density at radius 2 is 2.00 bits per heavy atom. The van der Waals surface area contributed by atoms with Gasteiger partial charge in [0, 0.05) is 50.8 Å². The van der Waals surface area contributed by atoms with E-state index in [1.807, 2.05) is 30.9 Å². The number of nitrogens with one attached hydrogen (secondary N) is 1. The molecule has 0 unspecified atom stereocenters. The highest BCUT2D eigenvalue weighted by Crippen LogP contribution is 2.32. The first-order chi connectivity index (χ1) is 11.3. The van der Waals surface area contributed by atoms with Crippen LogP contribution >= 0.6 is 0 Å². The largest absolute Gasteiger partial charge is 0.388 e. The highest BCUT2D eigenvalue weighted by atomic mass is 19.3. The maximum atomic E-state index is 13.3. The Labute approximate surface area is 142 Å². The third kappa shape index (κ3) is 4.12. The van der Waals surface area contributed by atoms with Gasteiger partial charge < -0.3 is 16.0 Å². The molecule has 0 radical (unpaired) electrons. The number of benzene rings is 1. The average Bonchev–Trinajstić information content (AvgIpc) is 2.54. The van der Waals surface area contributed by atoms with E-state index in [1.165, 1.54) is 0 Å². The van der Waals surface area contributed by atoms with Crippen molar-refractivity contribution in [2.45, 2.75) is 39.2 Å². The van der Waals surface area contributed by atoms with Gasteiger partial charge in [-0.3, -0.25) is 0 Å². The Morgan fingerprint density at radius 3 is 2.54 bits per heavy atom. The number of aryl methyl sites for hydroxylation is 1. The number of likely N-dealkylation sites (tertiary alicyclic amines) is 1. The van der Waals surface area contributed by atoms with Crippen LogP contribution < -0.4 is 11.1 Å². The van der Waals surface area contributed by atoms with Gasteiger partial charge in [-0.1, -0.05) is 12.6 Å². The minimum absolute atomic E-state index is 0.131. The monoisotopic (exact) mass is 336 g/mol. The van der Waals surface area contributed by atoms with Gasteiger partial charge in [0.1, 0.15) is 5.84 Å². The maximum Gasteiger partial charge on any atom is 0.251 e. The molecule has 0 amide bonds. The average molecular weight is 336 g/mol. The first-order valence-corrected chi connectivity index (χ1v) is 8.16. The van der Waals surface area contributed by atoms with Crippen molar-refractivity contribution in [2.24, 2.45) is 10.7 Å². The topological polar surface area (TPSA) is 53.6 Å². The number of nitrogens with zero attached hydrogens (tertiary/aromatic N) is 2. The minimum Gasteiger partial charge on any atom is -0.388 e. The number of rotatable bonds is 4. The van der Waals surface area contributed by atoms with Crippen molar-refractivity contribution in [3.05, 3.63) is 35.4 Å². The lowest BCUT2D eigenvalue weighted by molar-refractivity contribution is -0.0435. The SMILES string of the molecule is C=C(NC)c1cc(C)cc(CN)c1N=C(C)N1CCC(F)(F)CC1. The Morgan fingerprint density at radius 1 is 1.38 bits per heavy atom. The molecule has 0 aromatic heterocycles. The van der Waals surface area contributed by atoms with Crippen LogP contribution in [0.15, 0.2) is 23.7 Å². The third-order valence-electron chi connectivity index (χ3n) is 4.41. The molecule has 1 saturated heterocycles. The van der Waals surface area contributed by atoms with Crippen LogP contribution in [0, 0.1) is 6.92 Å². The Bertz CT molecular complexity index is 643. The van der Waals surface area contributed by atoms with Crippen molar-refractivity contribution < 1.29 is 8.78 Å². The van der Waals surface area contributed by atoms with E-state index in [2.05, 4.69) is 11.9 Å². The van der Waals surface area contributed by atoms with Crippen LogP contribution in [0.4, 0.5) is 14.5 Å². The molecule has 1 heterocycles. The second kappa shape index (κ2) is 7.30. The van der Waals surface area contributed by atoms with Crippen molar-refractivity contribution in [1.82, 2.24) is 10.2 Å². The summed E-state index contributed by atoms with van der Waals surface area (Å²) in [5.41, 5.74) is 10.3. The molecule has 0 saturated carbocycles. The van der Waals surface area contributed by atoms with Gasteiger partial charge in [-0.15, -0.1) is 0 Å². The van der Waals surface area contributed by atoms with Gasteiger partial charge >= 0.3 is 0 Å². The van der Waals surface area contributed by atoms with Gasteiger partial charge in [-0.05, 0) is 31.0 Å². The zero-order valence-electron chi connectivity index (χ0n) is 14.6. The quantitative estimate of drug-likeness (QED) is 0.654. The van der Waals surface area contributed by atoms with Crippen LogP contribution in [0.5, 0.6) is 0 Å². The van der Waals surface area contributed by atoms with Crippen LogP contribution in [0.1, 0.15) is 36.5 Å². The number of hydrogen-bond acceptors (Lipinski definition) is 3. The van der Waals surface area contributed by atoms with E-state index in [4.69, 9.17) is 10.7 Å². The Balaban J connectivity index is 2.38. The summed E-state index contributed by atoms with van der Waals surface area (Å²) in [5.74, 6) is -1.83. The second-order valence-corrected chi connectivity index (χ2v) is 6.25. The Kier molecular flexibility index (Phi) is 5.59. The fraction of sp³-hybridized carbons (Fsp3) is 0.500. The number of piperidine rings is 1. The van der Waals surface area contributed by atoms with Crippen LogP contribution in [-0.2, 0) is 6.54 Å². The van der Waals surface area contributed by atoms with Crippen molar-refractivity contribution in [2.75, 3.05) is 20.1 Å². The first kappa shape index (κ1) is 18.4. The molecule has 3 N–H and O–H groups in total. The number of hydrogen-bond donors (Lipinski definition) is 2. The molecule has 0 aliphatic carbocycles. The van der Waals surface area contributed by atoms with Crippen LogP contribution in [-0.4, -0.2) is 36.8 Å². The van der Waals surface area contributed by atoms with Gasteiger partial charge in [0.2, 0.25) is 0 Å². The summed E-state index contributed by atoms with van der Waals surface area (Å²) >= 11 is 0. The zero-order valence-corrected chi connectivity index (χ0v) is 14.6. The summed E-state index contributed by atoms with van der Waals surface area (Å²) in [5, 5.41) is 3.05. The second-order valence-electron chi connectivity index (χ2n) is 6.25. The van der Waals surface area contributed by atoms with Gasteiger partial charge in [0.05, 0.1) is 5.69 Å². The van der Waals surface area contributed by atoms with E-state index < -0.39 is 5.92 Å². The minimum atomic E-state index is -2.56. The molecule has 1 aromatic carbocycles. The van der Waals surface area contributed by atoms with Gasteiger partial charge in [-0.2, -0.15) is 0 Å². The number of aliphatic imine (C=N–C) groups is 1.